The molecule has 1 aromatic carbocycles. The second-order valence-electron chi connectivity index (χ2n) is 3.33. The van der Waals surface area contributed by atoms with Crippen LogP contribution in [0.4, 0.5) is 0 Å². The average molecular weight is 206 g/mol. The molecule has 3 heteroatoms. The molecule has 0 bridgehead atoms. The van der Waals surface area contributed by atoms with E-state index in [1.807, 2.05) is 30.3 Å². The number of carbonyl (C=O) groups excluding carboxylic acids is 1. The SMILES string of the molecule is CCNCCCNC(=O)c1ccccc1. The van der Waals surface area contributed by atoms with Crippen molar-refractivity contribution < 1.29 is 4.79 Å². The Morgan fingerprint density at radius 3 is 2.60 bits per heavy atom. The second kappa shape index (κ2) is 7.01. The molecule has 3 nitrogen and oxygen atoms in total. The molecule has 0 aliphatic rings. The minimum Gasteiger partial charge on any atom is -0.352 e. The third kappa shape index (κ3) is 4.61. The molecule has 0 saturated heterocycles. The highest BCUT2D eigenvalue weighted by atomic mass is 16.1. The van der Waals surface area contributed by atoms with Gasteiger partial charge in [-0.3, -0.25) is 4.79 Å². The summed E-state index contributed by atoms with van der Waals surface area (Å²) < 4.78 is 0. The standard InChI is InChI=1S/C12H18N2O/c1-2-13-9-6-10-14-12(15)11-7-4-3-5-8-11/h3-5,7-8,13H,2,6,9-10H2,1H3,(H,14,15). The lowest BCUT2D eigenvalue weighted by Gasteiger charge is -2.05. The van der Waals surface area contributed by atoms with Gasteiger partial charge in [-0.05, 0) is 31.6 Å². The van der Waals surface area contributed by atoms with E-state index in [1.54, 1.807) is 0 Å². The van der Waals surface area contributed by atoms with Gasteiger partial charge in [-0.2, -0.15) is 0 Å². The molecule has 0 aliphatic heterocycles. The van der Waals surface area contributed by atoms with E-state index < -0.39 is 0 Å². The molecule has 0 atom stereocenters. The zero-order valence-electron chi connectivity index (χ0n) is 9.12. The zero-order valence-corrected chi connectivity index (χ0v) is 9.12. The maximum atomic E-state index is 11.5. The van der Waals surface area contributed by atoms with Crippen molar-refractivity contribution in [3.05, 3.63) is 35.9 Å². The van der Waals surface area contributed by atoms with Crippen LogP contribution in [-0.2, 0) is 0 Å². The fourth-order valence-corrected chi connectivity index (χ4v) is 1.28. The summed E-state index contributed by atoms with van der Waals surface area (Å²) in [5, 5.41) is 6.09. The molecular weight excluding hydrogens is 188 g/mol. The lowest BCUT2D eigenvalue weighted by molar-refractivity contribution is 0.0953. The van der Waals surface area contributed by atoms with Crippen LogP contribution < -0.4 is 10.6 Å². The van der Waals surface area contributed by atoms with Crippen molar-refractivity contribution in [2.45, 2.75) is 13.3 Å². The lowest BCUT2D eigenvalue weighted by Crippen LogP contribution is -2.27. The van der Waals surface area contributed by atoms with Crippen LogP contribution in [0.5, 0.6) is 0 Å². The summed E-state index contributed by atoms with van der Waals surface area (Å²) in [5.41, 5.74) is 0.723. The topological polar surface area (TPSA) is 41.1 Å². The largest absolute Gasteiger partial charge is 0.352 e. The number of hydrogen-bond donors (Lipinski definition) is 2. The van der Waals surface area contributed by atoms with Crippen LogP contribution in [0.2, 0.25) is 0 Å². The molecule has 1 amide bonds. The van der Waals surface area contributed by atoms with E-state index >= 15 is 0 Å². The van der Waals surface area contributed by atoms with E-state index in [2.05, 4.69) is 17.6 Å². The Hall–Kier alpha value is -1.35. The van der Waals surface area contributed by atoms with E-state index in [1.165, 1.54) is 0 Å². The van der Waals surface area contributed by atoms with Crippen molar-refractivity contribution in [1.82, 2.24) is 10.6 Å². The van der Waals surface area contributed by atoms with Gasteiger partial charge in [0.2, 0.25) is 0 Å². The van der Waals surface area contributed by atoms with Gasteiger partial charge in [0.05, 0.1) is 0 Å². The van der Waals surface area contributed by atoms with Crippen LogP contribution >= 0.6 is 0 Å². The van der Waals surface area contributed by atoms with Crippen LogP contribution in [0.25, 0.3) is 0 Å². The molecule has 0 fully saturated rings. The number of rotatable bonds is 6. The van der Waals surface area contributed by atoms with E-state index in [0.29, 0.717) is 0 Å². The Balaban J connectivity index is 2.20. The van der Waals surface area contributed by atoms with E-state index in [0.717, 1.165) is 31.6 Å². The number of hydrogen-bond acceptors (Lipinski definition) is 2. The normalized spacial score (nSPS) is 9.93. The summed E-state index contributed by atoms with van der Waals surface area (Å²) in [6.07, 6.45) is 0.965. The first-order valence-electron chi connectivity index (χ1n) is 5.38. The highest BCUT2D eigenvalue weighted by molar-refractivity contribution is 5.94. The van der Waals surface area contributed by atoms with Crippen LogP contribution in [0, 0.1) is 0 Å². The molecule has 0 heterocycles. The third-order valence-electron chi connectivity index (χ3n) is 2.10. The fourth-order valence-electron chi connectivity index (χ4n) is 1.28. The quantitative estimate of drug-likeness (QED) is 0.691. The average Bonchev–Trinajstić information content (AvgIpc) is 2.30. The summed E-state index contributed by atoms with van der Waals surface area (Å²) in [6.45, 7) is 4.72. The maximum absolute atomic E-state index is 11.5. The molecule has 1 aromatic rings. The third-order valence-corrected chi connectivity index (χ3v) is 2.10. The highest BCUT2D eigenvalue weighted by Crippen LogP contribution is 1.97. The summed E-state index contributed by atoms with van der Waals surface area (Å²) in [6, 6.07) is 9.28. The fraction of sp³-hybridized carbons (Fsp3) is 0.417. The molecule has 2 N–H and O–H groups in total. The molecule has 0 aliphatic carbocycles. The lowest BCUT2D eigenvalue weighted by atomic mass is 10.2. The Morgan fingerprint density at radius 2 is 1.93 bits per heavy atom. The predicted molar refractivity (Wildman–Crippen MR) is 61.9 cm³/mol. The first-order chi connectivity index (χ1) is 7.34. The predicted octanol–water partition coefficient (Wildman–Crippen LogP) is 1.42. The van der Waals surface area contributed by atoms with Gasteiger partial charge in [0.1, 0.15) is 0 Å². The molecule has 0 saturated carbocycles. The Kier molecular flexibility index (Phi) is 5.48. The van der Waals surface area contributed by atoms with Gasteiger partial charge >= 0.3 is 0 Å². The van der Waals surface area contributed by atoms with Gasteiger partial charge in [-0.1, -0.05) is 25.1 Å². The zero-order chi connectivity index (χ0) is 10.9. The van der Waals surface area contributed by atoms with Gasteiger partial charge in [-0.25, -0.2) is 0 Å². The van der Waals surface area contributed by atoms with Gasteiger partial charge in [0, 0.05) is 12.1 Å². The molecule has 1 rings (SSSR count). The number of carbonyl (C=O) groups is 1. The first-order valence-corrected chi connectivity index (χ1v) is 5.38. The van der Waals surface area contributed by atoms with Gasteiger partial charge in [-0.15, -0.1) is 0 Å². The van der Waals surface area contributed by atoms with Crippen LogP contribution in [-0.4, -0.2) is 25.5 Å². The van der Waals surface area contributed by atoms with Gasteiger partial charge in [0.15, 0.2) is 0 Å². The minimum absolute atomic E-state index is 0.00657. The maximum Gasteiger partial charge on any atom is 0.251 e. The highest BCUT2D eigenvalue weighted by Gasteiger charge is 2.01. The van der Waals surface area contributed by atoms with Crippen LogP contribution in [0.3, 0.4) is 0 Å². The minimum atomic E-state index is 0.00657. The monoisotopic (exact) mass is 206 g/mol. The molecular formula is C12H18N2O. The van der Waals surface area contributed by atoms with Crippen molar-refractivity contribution in [3.8, 4) is 0 Å². The van der Waals surface area contributed by atoms with Gasteiger partial charge in [0.25, 0.3) is 5.91 Å². The molecule has 0 radical (unpaired) electrons. The van der Waals surface area contributed by atoms with Crippen molar-refractivity contribution in [1.29, 1.82) is 0 Å². The summed E-state index contributed by atoms with van der Waals surface area (Å²) >= 11 is 0. The van der Waals surface area contributed by atoms with E-state index in [4.69, 9.17) is 0 Å². The Bertz CT molecular complexity index is 285. The molecule has 0 aromatic heterocycles. The van der Waals surface area contributed by atoms with Crippen LogP contribution in [0.15, 0.2) is 30.3 Å². The van der Waals surface area contributed by atoms with E-state index in [9.17, 15) is 4.79 Å². The van der Waals surface area contributed by atoms with E-state index in [-0.39, 0.29) is 5.91 Å². The smallest absolute Gasteiger partial charge is 0.251 e. The van der Waals surface area contributed by atoms with Gasteiger partial charge < -0.3 is 10.6 Å². The Morgan fingerprint density at radius 1 is 1.20 bits per heavy atom. The second-order valence-corrected chi connectivity index (χ2v) is 3.33. The number of benzene rings is 1. The number of nitrogens with one attached hydrogen (secondary N) is 2. The van der Waals surface area contributed by atoms with Crippen molar-refractivity contribution in [2.75, 3.05) is 19.6 Å². The van der Waals surface area contributed by atoms with Crippen molar-refractivity contribution in [2.24, 2.45) is 0 Å². The summed E-state index contributed by atoms with van der Waals surface area (Å²) in [5.74, 6) is 0.00657. The summed E-state index contributed by atoms with van der Waals surface area (Å²) in [4.78, 5) is 11.5. The molecule has 82 valence electrons. The Labute approximate surface area is 90.9 Å². The van der Waals surface area contributed by atoms with Crippen molar-refractivity contribution in [3.63, 3.8) is 0 Å². The number of amides is 1. The molecule has 0 unspecified atom stereocenters. The first kappa shape index (κ1) is 11.7. The summed E-state index contributed by atoms with van der Waals surface area (Å²) in [7, 11) is 0. The molecule has 15 heavy (non-hydrogen) atoms. The van der Waals surface area contributed by atoms with Crippen molar-refractivity contribution >= 4 is 5.91 Å². The van der Waals surface area contributed by atoms with Crippen LogP contribution in [0.1, 0.15) is 23.7 Å². The molecule has 0 spiro atoms.